The molecule has 1 heterocycles. The summed E-state index contributed by atoms with van der Waals surface area (Å²) >= 11 is 6.12. The Morgan fingerprint density at radius 1 is 1.15 bits per heavy atom. The van der Waals surface area contributed by atoms with Gasteiger partial charge in [-0.1, -0.05) is 37.1 Å². The Morgan fingerprint density at radius 2 is 1.85 bits per heavy atom. The number of benzene rings is 2. The molecule has 2 aromatic rings. The molecule has 0 atom stereocenters. The standard InChI is InChI=1S/C20H23ClN2O3S/c1-2-3-5-15-6-8-16(9-7-15)22-27(25,26)17-10-11-19(21)18(14-17)20(24)23-12-4-13-23/h6-11,14,22H,2-5,12-13H2,1H3. The highest BCUT2D eigenvalue weighted by molar-refractivity contribution is 7.92. The van der Waals surface area contributed by atoms with Crippen LogP contribution in [-0.4, -0.2) is 32.3 Å². The summed E-state index contributed by atoms with van der Waals surface area (Å²) in [4.78, 5) is 14.1. The Balaban J connectivity index is 1.79. The zero-order valence-electron chi connectivity index (χ0n) is 15.2. The fourth-order valence-electron chi connectivity index (χ4n) is 2.86. The number of carbonyl (C=O) groups excluding carboxylic acids is 1. The molecule has 0 aliphatic carbocycles. The van der Waals surface area contributed by atoms with Crippen LogP contribution in [0, 0.1) is 0 Å². The topological polar surface area (TPSA) is 66.5 Å². The number of hydrogen-bond donors (Lipinski definition) is 1. The number of sulfonamides is 1. The van der Waals surface area contributed by atoms with Gasteiger partial charge in [-0.25, -0.2) is 8.42 Å². The van der Waals surface area contributed by atoms with Gasteiger partial charge in [-0.05, 0) is 55.2 Å². The summed E-state index contributed by atoms with van der Waals surface area (Å²) in [5, 5.41) is 0.256. The number of carbonyl (C=O) groups is 1. The lowest BCUT2D eigenvalue weighted by molar-refractivity contribution is 0.0652. The summed E-state index contributed by atoms with van der Waals surface area (Å²) in [5.41, 5.74) is 1.88. The molecule has 1 saturated heterocycles. The van der Waals surface area contributed by atoms with Crippen LogP contribution < -0.4 is 4.72 Å². The minimum absolute atomic E-state index is 0.0193. The van der Waals surface area contributed by atoms with Gasteiger partial charge in [0.25, 0.3) is 15.9 Å². The summed E-state index contributed by atoms with van der Waals surface area (Å²) in [6.45, 7) is 3.49. The Kier molecular flexibility index (Phi) is 6.07. The average Bonchev–Trinajstić information content (AvgIpc) is 2.59. The number of amides is 1. The predicted molar refractivity (Wildman–Crippen MR) is 108 cm³/mol. The highest BCUT2D eigenvalue weighted by Crippen LogP contribution is 2.25. The van der Waals surface area contributed by atoms with E-state index in [1.807, 2.05) is 12.1 Å². The molecule has 0 spiro atoms. The SMILES string of the molecule is CCCCc1ccc(NS(=O)(=O)c2ccc(Cl)c(C(=O)N3CCC3)c2)cc1. The third kappa shape index (κ3) is 4.62. The lowest BCUT2D eigenvalue weighted by Gasteiger charge is -2.31. The van der Waals surface area contributed by atoms with E-state index in [0.717, 1.165) is 25.7 Å². The molecule has 0 aromatic heterocycles. The number of aryl methyl sites for hydroxylation is 1. The normalized spacial score (nSPS) is 13.9. The summed E-state index contributed by atoms with van der Waals surface area (Å²) < 4.78 is 28.0. The van der Waals surface area contributed by atoms with Gasteiger partial charge in [0.2, 0.25) is 0 Å². The Labute approximate surface area is 165 Å². The van der Waals surface area contributed by atoms with Crippen LogP contribution in [0.25, 0.3) is 0 Å². The van der Waals surface area contributed by atoms with Crippen LogP contribution in [0.5, 0.6) is 0 Å². The molecule has 3 rings (SSSR count). The minimum atomic E-state index is -3.81. The molecule has 1 amide bonds. The van der Waals surface area contributed by atoms with Crippen LogP contribution in [0.2, 0.25) is 5.02 Å². The maximum absolute atomic E-state index is 12.7. The van der Waals surface area contributed by atoms with Crippen molar-refractivity contribution in [2.24, 2.45) is 0 Å². The number of hydrogen-bond acceptors (Lipinski definition) is 3. The minimum Gasteiger partial charge on any atom is -0.338 e. The van der Waals surface area contributed by atoms with Gasteiger partial charge in [-0.3, -0.25) is 9.52 Å². The molecular formula is C20H23ClN2O3S. The fraction of sp³-hybridized carbons (Fsp3) is 0.350. The summed E-state index contributed by atoms with van der Waals surface area (Å²) in [6, 6.07) is 11.6. The van der Waals surface area contributed by atoms with Crippen molar-refractivity contribution in [2.75, 3.05) is 17.8 Å². The number of anilines is 1. The van der Waals surface area contributed by atoms with E-state index in [0.29, 0.717) is 18.8 Å². The number of nitrogens with zero attached hydrogens (tertiary/aromatic N) is 1. The molecule has 2 aromatic carbocycles. The molecule has 1 aliphatic rings. The predicted octanol–water partition coefficient (Wildman–Crippen LogP) is 4.33. The molecule has 0 unspecified atom stereocenters. The van der Waals surface area contributed by atoms with Crippen LogP contribution in [0.3, 0.4) is 0 Å². The summed E-state index contributed by atoms with van der Waals surface area (Å²) in [6.07, 6.45) is 4.15. The summed E-state index contributed by atoms with van der Waals surface area (Å²) in [7, 11) is -3.81. The van der Waals surface area contributed by atoms with Gasteiger partial charge >= 0.3 is 0 Å². The third-order valence-electron chi connectivity index (χ3n) is 4.65. The largest absolute Gasteiger partial charge is 0.338 e. The molecule has 144 valence electrons. The molecular weight excluding hydrogens is 384 g/mol. The number of rotatable bonds is 7. The Hall–Kier alpha value is -2.05. The lowest BCUT2D eigenvalue weighted by atomic mass is 10.1. The van der Waals surface area contributed by atoms with E-state index in [-0.39, 0.29) is 21.4 Å². The second-order valence-corrected chi connectivity index (χ2v) is 8.78. The van der Waals surface area contributed by atoms with Crippen LogP contribution in [0.1, 0.15) is 42.1 Å². The van der Waals surface area contributed by atoms with Crippen LogP contribution in [-0.2, 0) is 16.4 Å². The third-order valence-corrected chi connectivity index (χ3v) is 6.36. The Morgan fingerprint density at radius 3 is 2.44 bits per heavy atom. The van der Waals surface area contributed by atoms with Gasteiger partial charge in [0.1, 0.15) is 0 Å². The van der Waals surface area contributed by atoms with E-state index >= 15 is 0 Å². The lowest BCUT2D eigenvalue weighted by Crippen LogP contribution is -2.42. The smallest absolute Gasteiger partial charge is 0.261 e. The molecule has 1 aliphatic heterocycles. The van der Waals surface area contributed by atoms with E-state index in [1.54, 1.807) is 17.0 Å². The summed E-state index contributed by atoms with van der Waals surface area (Å²) in [5.74, 6) is -0.233. The van der Waals surface area contributed by atoms with Gasteiger partial charge in [0, 0.05) is 18.8 Å². The first-order valence-corrected chi connectivity index (χ1v) is 11.0. The second kappa shape index (κ2) is 8.31. The Bertz CT molecular complexity index is 923. The first-order valence-electron chi connectivity index (χ1n) is 9.11. The first-order chi connectivity index (χ1) is 12.9. The van der Waals surface area contributed by atoms with E-state index in [4.69, 9.17) is 11.6 Å². The highest BCUT2D eigenvalue weighted by Gasteiger charge is 2.25. The zero-order chi connectivity index (χ0) is 19.4. The monoisotopic (exact) mass is 406 g/mol. The van der Waals surface area contributed by atoms with Crippen molar-refractivity contribution >= 4 is 33.2 Å². The van der Waals surface area contributed by atoms with E-state index in [1.165, 1.54) is 23.8 Å². The van der Waals surface area contributed by atoms with Gasteiger partial charge in [-0.2, -0.15) is 0 Å². The van der Waals surface area contributed by atoms with Crippen molar-refractivity contribution in [3.05, 3.63) is 58.6 Å². The van der Waals surface area contributed by atoms with Crippen LogP contribution in [0.15, 0.2) is 47.4 Å². The number of likely N-dealkylation sites (tertiary alicyclic amines) is 1. The van der Waals surface area contributed by atoms with Gasteiger partial charge in [0.05, 0.1) is 15.5 Å². The van der Waals surface area contributed by atoms with Crippen LogP contribution >= 0.6 is 11.6 Å². The zero-order valence-corrected chi connectivity index (χ0v) is 16.8. The van der Waals surface area contributed by atoms with Crippen molar-refractivity contribution in [2.45, 2.75) is 37.5 Å². The van der Waals surface area contributed by atoms with Crippen molar-refractivity contribution in [1.29, 1.82) is 0 Å². The molecule has 27 heavy (non-hydrogen) atoms. The van der Waals surface area contributed by atoms with E-state index < -0.39 is 10.0 Å². The average molecular weight is 407 g/mol. The van der Waals surface area contributed by atoms with E-state index in [9.17, 15) is 13.2 Å². The maximum atomic E-state index is 12.7. The van der Waals surface area contributed by atoms with E-state index in [2.05, 4.69) is 11.6 Å². The first kappa shape index (κ1) is 19.7. The van der Waals surface area contributed by atoms with Crippen LogP contribution in [0.4, 0.5) is 5.69 Å². The molecule has 1 N–H and O–H groups in total. The van der Waals surface area contributed by atoms with Gasteiger partial charge < -0.3 is 4.90 Å². The molecule has 0 radical (unpaired) electrons. The van der Waals surface area contributed by atoms with Crippen molar-refractivity contribution in [1.82, 2.24) is 4.90 Å². The number of nitrogens with one attached hydrogen (secondary N) is 1. The fourth-order valence-corrected chi connectivity index (χ4v) is 4.14. The number of unbranched alkanes of at least 4 members (excludes halogenated alkanes) is 1. The van der Waals surface area contributed by atoms with Gasteiger partial charge in [-0.15, -0.1) is 0 Å². The van der Waals surface area contributed by atoms with Crippen molar-refractivity contribution in [3.8, 4) is 0 Å². The molecule has 0 bridgehead atoms. The quantitative estimate of drug-likeness (QED) is 0.744. The van der Waals surface area contributed by atoms with Crippen molar-refractivity contribution in [3.63, 3.8) is 0 Å². The number of halogens is 1. The molecule has 5 nitrogen and oxygen atoms in total. The highest BCUT2D eigenvalue weighted by atomic mass is 35.5. The van der Waals surface area contributed by atoms with Gasteiger partial charge in [0.15, 0.2) is 0 Å². The van der Waals surface area contributed by atoms with Crippen molar-refractivity contribution < 1.29 is 13.2 Å². The molecule has 0 saturated carbocycles. The second-order valence-electron chi connectivity index (χ2n) is 6.69. The maximum Gasteiger partial charge on any atom is 0.261 e. The molecule has 7 heteroatoms. The molecule has 1 fully saturated rings.